The number of fused-ring (bicyclic) bond motifs is 1. The van der Waals surface area contributed by atoms with Crippen molar-refractivity contribution in [2.75, 3.05) is 19.5 Å². The molecule has 0 saturated heterocycles. The smallest absolute Gasteiger partial charge is 0.256 e. The predicted molar refractivity (Wildman–Crippen MR) is 108 cm³/mol. The number of benzene rings is 2. The largest absolute Gasteiger partial charge is 0.493 e. The van der Waals surface area contributed by atoms with E-state index in [0.29, 0.717) is 23.1 Å². The Morgan fingerprint density at radius 2 is 1.71 bits per heavy atom. The van der Waals surface area contributed by atoms with Crippen molar-refractivity contribution in [1.29, 1.82) is 0 Å². The van der Waals surface area contributed by atoms with Gasteiger partial charge in [-0.2, -0.15) is 4.98 Å². The Morgan fingerprint density at radius 1 is 0.929 bits per heavy atom. The summed E-state index contributed by atoms with van der Waals surface area (Å²) in [6.45, 7) is 0. The standard InChI is InChI=1S/C21H18N4O3/c1-27-17-10-9-15(12-18(17)28-2)23-21-22-13-14-8-11-19(26)25(20(14)24-21)16-6-4-3-5-7-16/h3-13H,1-2H3,(H,22,23,24). The summed E-state index contributed by atoms with van der Waals surface area (Å²) in [7, 11) is 3.16. The molecule has 0 atom stereocenters. The number of nitrogens with one attached hydrogen (secondary N) is 1. The average molecular weight is 374 g/mol. The molecule has 2 heterocycles. The van der Waals surface area contributed by atoms with Gasteiger partial charge in [0.05, 0.1) is 19.9 Å². The summed E-state index contributed by atoms with van der Waals surface area (Å²) in [5.41, 5.74) is 1.85. The first-order valence-electron chi connectivity index (χ1n) is 8.63. The number of ether oxygens (including phenoxy) is 2. The maximum atomic E-state index is 12.5. The fourth-order valence-corrected chi connectivity index (χ4v) is 2.95. The number of anilines is 2. The van der Waals surface area contributed by atoms with E-state index in [1.165, 1.54) is 6.07 Å². The van der Waals surface area contributed by atoms with E-state index >= 15 is 0 Å². The van der Waals surface area contributed by atoms with E-state index in [9.17, 15) is 4.79 Å². The molecule has 0 radical (unpaired) electrons. The lowest BCUT2D eigenvalue weighted by atomic mass is 10.2. The number of pyridine rings is 1. The third-order valence-electron chi connectivity index (χ3n) is 4.29. The summed E-state index contributed by atoms with van der Waals surface area (Å²) in [4.78, 5) is 21.4. The summed E-state index contributed by atoms with van der Waals surface area (Å²) in [5.74, 6) is 1.59. The summed E-state index contributed by atoms with van der Waals surface area (Å²) in [6, 6.07) is 18.0. The SMILES string of the molecule is COc1ccc(Nc2ncc3ccc(=O)n(-c4ccccc4)c3n2)cc1OC. The molecule has 0 spiro atoms. The zero-order chi connectivity index (χ0) is 19.5. The summed E-state index contributed by atoms with van der Waals surface area (Å²) in [6.07, 6.45) is 1.68. The van der Waals surface area contributed by atoms with Crippen LogP contribution in [0.3, 0.4) is 0 Å². The maximum absolute atomic E-state index is 12.5. The maximum Gasteiger partial charge on any atom is 0.256 e. The van der Waals surface area contributed by atoms with Gasteiger partial charge in [0, 0.05) is 29.4 Å². The predicted octanol–water partition coefficient (Wildman–Crippen LogP) is 3.54. The number of para-hydroxylation sites is 1. The third kappa shape index (κ3) is 3.25. The Labute approximate surface area is 161 Å². The number of hydrogen-bond acceptors (Lipinski definition) is 6. The fourth-order valence-electron chi connectivity index (χ4n) is 2.95. The second kappa shape index (κ2) is 7.40. The quantitative estimate of drug-likeness (QED) is 0.576. The van der Waals surface area contributed by atoms with Gasteiger partial charge in [0.1, 0.15) is 0 Å². The molecule has 28 heavy (non-hydrogen) atoms. The van der Waals surface area contributed by atoms with Crippen LogP contribution in [0.25, 0.3) is 16.7 Å². The Kier molecular flexibility index (Phi) is 4.63. The topological polar surface area (TPSA) is 78.3 Å². The highest BCUT2D eigenvalue weighted by Gasteiger charge is 2.10. The van der Waals surface area contributed by atoms with Crippen molar-refractivity contribution in [3.8, 4) is 17.2 Å². The normalized spacial score (nSPS) is 10.6. The van der Waals surface area contributed by atoms with Gasteiger partial charge < -0.3 is 14.8 Å². The van der Waals surface area contributed by atoms with Crippen molar-refractivity contribution in [3.05, 3.63) is 77.2 Å². The Bertz CT molecular complexity index is 1190. The van der Waals surface area contributed by atoms with Gasteiger partial charge >= 0.3 is 0 Å². The van der Waals surface area contributed by atoms with E-state index in [0.717, 1.165) is 16.8 Å². The van der Waals surface area contributed by atoms with Crippen LogP contribution >= 0.6 is 0 Å². The van der Waals surface area contributed by atoms with Gasteiger partial charge in [-0.1, -0.05) is 18.2 Å². The van der Waals surface area contributed by atoms with Gasteiger partial charge in [-0.25, -0.2) is 4.98 Å². The van der Waals surface area contributed by atoms with E-state index in [4.69, 9.17) is 9.47 Å². The second-order valence-corrected chi connectivity index (χ2v) is 6.01. The molecule has 4 rings (SSSR count). The Morgan fingerprint density at radius 3 is 2.46 bits per heavy atom. The summed E-state index contributed by atoms with van der Waals surface area (Å²) >= 11 is 0. The lowest BCUT2D eigenvalue weighted by Gasteiger charge is -2.12. The van der Waals surface area contributed by atoms with Crippen LogP contribution in [0, 0.1) is 0 Å². The molecular weight excluding hydrogens is 356 g/mol. The molecule has 4 aromatic rings. The lowest BCUT2D eigenvalue weighted by molar-refractivity contribution is 0.355. The van der Waals surface area contributed by atoms with Crippen LogP contribution in [0.5, 0.6) is 11.5 Å². The molecule has 0 aliphatic heterocycles. The van der Waals surface area contributed by atoms with Gasteiger partial charge in [-0.3, -0.25) is 9.36 Å². The van der Waals surface area contributed by atoms with Gasteiger partial charge in [-0.05, 0) is 30.3 Å². The van der Waals surface area contributed by atoms with E-state index < -0.39 is 0 Å². The van der Waals surface area contributed by atoms with Crippen LogP contribution in [0.1, 0.15) is 0 Å². The molecule has 1 N–H and O–H groups in total. The van der Waals surface area contributed by atoms with Crippen LogP contribution in [0.15, 0.2) is 71.7 Å². The fraction of sp³-hybridized carbons (Fsp3) is 0.0952. The molecule has 0 saturated carbocycles. The van der Waals surface area contributed by atoms with Crippen LogP contribution < -0.4 is 20.3 Å². The van der Waals surface area contributed by atoms with E-state index in [-0.39, 0.29) is 5.56 Å². The summed E-state index contributed by atoms with van der Waals surface area (Å²) < 4.78 is 12.1. The first-order chi connectivity index (χ1) is 13.7. The van der Waals surface area contributed by atoms with Crippen LogP contribution in [-0.2, 0) is 0 Å². The van der Waals surface area contributed by atoms with Crippen LogP contribution in [0.4, 0.5) is 11.6 Å². The van der Waals surface area contributed by atoms with Gasteiger partial charge in [0.15, 0.2) is 17.1 Å². The molecule has 0 amide bonds. The van der Waals surface area contributed by atoms with Gasteiger partial charge in [-0.15, -0.1) is 0 Å². The minimum absolute atomic E-state index is 0.158. The Hall–Kier alpha value is -3.87. The zero-order valence-electron chi connectivity index (χ0n) is 15.4. The molecule has 7 heteroatoms. The number of methoxy groups -OCH3 is 2. The molecule has 2 aromatic carbocycles. The summed E-state index contributed by atoms with van der Waals surface area (Å²) in [5, 5.41) is 3.91. The highest BCUT2D eigenvalue weighted by molar-refractivity contribution is 5.77. The minimum Gasteiger partial charge on any atom is -0.493 e. The molecule has 0 bridgehead atoms. The zero-order valence-corrected chi connectivity index (χ0v) is 15.4. The minimum atomic E-state index is -0.158. The van der Waals surface area contributed by atoms with Crippen molar-refractivity contribution < 1.29 is 9.47 Å². The molecule has 0 unspecified atom stereocenters. The molecule has 0 fully saturated rings. The molecule has 0 aliphatic carbocycles. The molecule has 0 aliphatic rings. The third-order valence-corrected chi connectivity index (χ3v) is 4.29. The van der Waals surface area contributed by atoms with Crippen LogP contribution in [0.2, 0.25) is 0 Å². The lowest BCUT2D eigenvalue weighted by Crippen LogP contribution is -2.18. The van der Waals surface area contributed by atoms with Crippen molar-refractivity contribution in [2.45, 2.75) is 0 Å². The number of hydrogen-bond donors (Lipinski definition) is 1. The average Bonchev–Trinajstić information content (AvgIpc) is 2.74. The highest BCUT2D eigenvalue weighted by atomic mass is 16.5. The first kappa shape index (κ1) is 17.5. The van der Waals surface area contributed by atoms with Crippen LogP contribution in [-0.4, -0.2) is 28.8 Å². The number of aromatic nitrogens is 3. The van der Waals surface area contributed by atoms with E-state index in [2.05, 4.69) is 15.3 Å². The van der Waals surface area contributed by atoms with Gasteiger partial charge in [0.25, 0.3) is 5.56 Å². The van der Waals surface area contributed by atoms with Crippen molar-refractivity contribution >= 4 is 22.7 Å². The molecular formula is C21H18N4O3. The number of nitrogens with zero attached hydrogens (tertiary/aromatic N) is 3. The second-order valence-electron chi connectivity index (χ2n) is 6.01. The Balaban J connectivity index is 1.79. The van der Waals surface area contributed by atoms with Gasteiger partial charge in [0.2, 0.25) is 5.95 Å². The molecule has 7 nitrogen and oxygen atoms in total. The van der Waals surface area contributed by atoms with E-state index in [1.807, 2.05) is 36.4 Å². The van der Waals surface area contributed by atoms with Crippen molar-refractivity contribution in [1.82, 2.24) is 14.5 Å². The van der Waals surface area contributed by atoms with Crippen molar-refractivity contribution in [2.24, 2.45) is 0 Å². The highest BCUT2D eigenvalue weighted by Crippen LogP contribution is 2.30. The molecule has 140 valence electrons. The van der Waals surface area contributed by atoms with Crippen molar-refractivity contribution in [3.63, 3.8) is 0 Å². The molecule has 2 aromatic heterocycles. The monoisotopic (exact) mass is 374 g/mol. The van der Waals surface area contributed by atoms with E-state index in [1.54, 1.807) is 43.2 Å². The first-order valence-corrected chi connectivity index (χ1v) is 8.63. The number of rotatable bonds is 5.